The average molecular weight is 348 g/mol. The molecule has 1 aliphatic rings. The molecule has 0 aromatic carbocycles. The Bertz CT molecular complexity index is 618. The third-order valence-corrected chi connectivity index (χ3v) is 4.64. The number of amides is 3. The SMILES string of the molecule is CCN(Cc1ccncc1)C(=O)C1=C(C)NC(=O)NC1CCSC. The zero-order valence-electron chi connectivity index (χ0n) is 14.3. The highest BCUT2D eigenvalue weighted by Crippen LogP contribution is 2.20. The lowest BCUT2D eigenvalue weighted by molar-refractivity contribution is -0.128. The molecule has 0 saturated heterocycles. The number of nitrogens with one attached hydrogen (secondary N) is 2. The van der Waals surface area contributed by atoms with Crippen molar-refractivity contribution in [2.75, 3.05) is 18.6 Å². The summed E-state index contributed by atoms with van der Waals surface area (Å²) >= 11 is 1.70. The molecule has 0 bridgehead atoms. The van der Waals surface area contributed by atoms with Crippen LogP contribution in [0.5, 0.6) is 0 Å². The molecule has 2 N–H and O–H groups in total. The van der Waals surface area contributed by atoms with Gasteiger partial charge in [0.2, 0.25) is 0 Å². The Morgan fingerprint density at radius 2 is 2.08 bits per heavy atom. The number of likely N-dealkylation sites (N-methyl/N-ethyl adjacent to an activating group) is 1. The van der Waals surface area contributed by atoms with E-state index < -0.39 is 0 Å². The second-order valence-corrected chi connectivity index (χ2v) is 6.63. The predicted octanol–water partition coefficient (Wildman–Crippen LogP) is 2.14. The molecule has 1 aliphatic heterocycles. The van der Waals surface area contributed by atoms with Gasteiger partial charge >= 0.3 is 6.03 Å². The molecule has 24 heavy (non-hydrogen) atoms. The van der Waals surface area contributed by atoms with E-state index in [1.165, 1.54) is 0 Å². The number of allylic oxidation sites excluding steroid dienone is 1. The number of hydrogen-bond donors (Lipinski definition) is 2. The Morgan fingerprint density at radius 1 is 1.38 bits per heavy atom. The van der Waals surface area contributed by atoms with Gasteiger partial charge in [0.05, 0.1) is 11.6 Å². The Hall–Kier alpha value is -2.02. The average Bonchev–Trinajstić information content (AvgIpc) is 2.57. The highest BCUT2D eigenvalue weighted by molar-refractivity contribution is 7.98. The molecule has 1 aromatic heterocycles. The molecule has 0 radical (unpaired) electrons. The predicted molar refractivity (Wildman–Crippen MR) is 96.5 cm³/mol. The fourth-order valence-electron chi connectivity index (χ4n) is 2.73. The highest BCUT2D eigenvalue weighted by atomic mass is 32.2. The number of pyridine rings is 1. The quantitative estimate of drug-likeness (QED) is 0.792. The molecular weight excluding hydrogens is 324 g/mol. The van der Waals surface area contributed by atoms with Crippen LogP contribution in [0, 0.1) is 0 Å². The monoisotopic (exact) mass is 348 g/mol. The lowest BCUT2D eigenvalue weighted by Gasteiger charge is -2.31. The minimum atomic E-state index is -0.245. The number of carbonyl (C=O) groups is 2. The third-order valence-electron chi connectivity index (χ3n) is 3.99. The van der Waals surface area contributed by atoms with Crippen LogP contribution >= 0.6 is 11.8 Å². The molecule has 7 heteroatoms. The summed E-state index contributed by atoms with van der Waals surface area (Å²) in [5, 5.41) is 5.60. The number of rotatable bonds is 7. The second kappa shape index (κ2) is 8.73. The lowest BCUT2D eigenvalue weighted by atomic mass is 9.99. The van der Waals surface area contributed by atoms with Gasteiger partial charge in [-0.2, -0.15) is 11.8 Å². The van der Waals surface area contributed by atoms with E-state index >= 15 is 0 Å². The van der Waals surface area contributed by atoms with Crippen molar-refractivity contribution in [1.29, 1.82) is 0 Å². The van der Waals surface area contributed by atoms with Crippen LogP contribution in [0.15, 0.2) is 35.8 Å². The topological polar surface area (TPSA) is 74.3 Å². The first-order valence-electron chi connectivity index (χ1n) is 8.02. The van der Waals surface area contributed by atoms with E-state index in [-0.39, 0.29) is 18.0 Å². The van der Waals surface area contributed by atoms with E-state index in [0.29, 0.717) is 24.4 Å². The van der Waals surface area contributed by atoms with Gasteiger partial charge in [0, 0.05) is 31.2 Å². The maximum absolute atomic E-state index is 13.1. The number of hydrogen-bond acceptors (Lipinski definition) is 4. The van der Waals surface area contributed by atoms with E-state index in [4.69, 9.17) is 0 Å². The van der Waals surface area contributed by atoms with E-state index in [1.54, 1.807) is 36.0 Å². The molecule has 1 aromatic rings. The molecule has 0 aliphatic carbocycles. The van der Waals surface area contributed by atoms with Crippen LogP contribution in [-0.4, -0.2) is 46.4 Å². The summed E-state index contributed by atoms with van der Waals surface area (Å²) in [4.78, 5) is 30.6. The standard InChI is InChI=1S/C17H24N4O2S/c1-4-21(11-13-5-8-18-9-6-13)16(22)15-12(2)19-17(23)20-14(15)7-10-24-3/h5-6,8-9,14H,4,7,10-11H2,1-3H3,(H2,19,20,23). The Kier molecular flexibility index (Phi) is 6.66. The van der Waals surface area contributed by atoms with Gasteiger partial charge in [-0.15, -0.1) is 0 Å². The molecule has 2 heterocycles. The van der Waals surface area contributed by atoms with Crippen molar-refractivity contribution in [3.63, 3.8) is 0 Å². The number of aromatic nitrogens is 1. The van der Waals surface area contributed by atoms with Crippen LogP contribution in [0.25, 0.3) is 0 Å². The molecule has 6 nitrogen and oxygen atoms in total. The van der Waals surface area contributed by atoms with Gasteiger partial charge in [-0.05, 0) is 50.0 Å². The number of nitrogens with zero attached hydrogens (tertiary/aromatic N) is 2. The van der Waals surface area contributed by atoms with Crippen molar-refractivity contribution in [2.45, 2.75) is 32.9 Å². The number of thioether (sulfide) groups is 1. The first-order valence-corrected chi connectivity index (χ1v) is 9.41. The van der Waals surface area contributed by atoms with E-state index in [9.17, 15) is 9.59 Å². The number of carbonyl (C=O) groups excluding carboxylic acids is 2. The van der Waals surface area contributed by atoms with Crippen molar-refractivity contribution in [1.82, 2.24) is 20.5 Å². The minimum Gasteiger partial charge on any atom is -0.335 e. The van der Waals surface area contributed by atoms with Gasteiger partial charge in [-0.25, -0.2) is 4.79 Å². The summed E-state index contributed by atoms with van der Waals surface area (Å²) in [6.07, 6.45) is 6.20. The molecule has 1 atom stereocenters. The van der Waals surface area contributed by atoms with Crippen molar-refractivity contribution < 1.29 is 9.59 Å². The van der Waals surface area contributed by atoms with Crippen LogP contribution in [0.4, 0.5) is 4.79 Å². The largest absolute Gasteiger partial charge is 0.335 e. The molecule has 3 amide bonds. The van der Waals surface area contributed by atoms with E-state index in [1.807, 2.05) is 25.3 Å². The summed E-state index contributed by atoms with van der Waals surface area (Å²) in [5.41, 5.74) is 2.33. The summed E-state index contributed by atoms with van der Waals surface area (Å²) in [6, 6.07) is 3.32. The molecule has 0 saturated carbocycles. The van der Waals surface area contributed by atoms with Gasteiger partial charge in [0.1, 0.15) is 0 Å². The minimum absolute atomic E-state index is 0.0367. The summed E-state index contributed by atoms with van der Waals surface area (Å²) < 4.78 is 0. The third kappa shape index (κ3) is 4.50. The van der Waals surface area contributed by atoms with Crippen LogP contribution in [0.2, 0.25) is 0 Å². The fourth-order valence-corrected chi connectivity index (χ4v) is 3.20. The lowest BCUT2D eigenvalue weighted by Crippen LogP contribution is -2.52. The first-order chi connectivity index (χ1) is 11.6. The van der Waals surface area contributed by atoms with Crippen molar-refractivity contribution in [2.24, 2.45) is 0 Å². The van der Waals surface area contributed by atoms with Gasteiger partial charge in [-0.3, -0.25) is 9.78 Å². The molecule has 0 spiro atoms. The zero-order chi connectivity index (χ0) is 17.5. The molecule has 130 valence electrons. The van der Waals surface area contributed by atoms with Gasteiger partial charge in [0.15, 0.2) is 0 Å². The van der Waals surface area contributed by atoms with Crippen molar-refractivity contribution in [3.05, 3.63) is 41.4 Å². The van der Waals surface area contributed by atoms with Crippen LogP contribution in [-0.2, 0) is 11.3 Å². The van der Waals surface area contributed by atoms with Gasteiger partial charge < -0.3 is 15.5 Å². The Balaban J connectivity index is 2.22. The summed E-state index contributed by atoms with van der Waals surface area (Å²) in [7, 11) is 0. The Labute approximate surface area is 147 Å². The van der Waals surface area contributed by atoms with Gasteiger partial charge in [-0.1, -0.05) is 0 Å². The van der Waals surface area contributed by atoms with Crippen molar-refractivity contribution >= 4 is 23.7 Å². The summed E-state index contributed by atoms with van der Waals surface area (Å²) in [6.45, 7) is 4.87. The molecule has 1 unspecified atom stereocenters. The van der Waals surface area contributed by atoms with Crippen LogP contribution < -0.4 is 10.6 Å². The zero-order valence-corrected chi connectivity index (χ0v) is 15.2. The normalized spacial score (nSPS) is 17.3. The van der Waals surface area contributed by atoms with Crippen LogP contribution in [0.3, 0.4) is 0 Å². The van der Waals surface area contributed by atoms with Crippen LogP contribution in [0.1, 0.15) is 25.8 Å². The molecule has 2 rings (SSSR count). The molecule has 0 fully saturated rings. The molecular formula is C17H24N4O2S. The van der Waals surface area contributed by atoms with E-state index in [2.05, 4.69) is 15.6 Å². The smallest absolute Gasteiger partial charge is 0.319 e. The first kappa shape index (κ1) is 18.3. The Morgan fingerprint density at radius 3 is 2.71 bits per heavy atom. The maximum atomic E-state index is 13.1. The highest BCUT2D eigenvalue weighted by Gasteiger charge is 2.31. The van der Waals surface area contributed by atoms with Gasteiger partial charge in [0.25, 0.3) is 5.91 Å². The number of urea groups is 1. The van der Waals surface area contributed by atoms with Crippen molar-refractivity contribution in [3.8, 4) is 0 Å². The second-order valence-electron chi connectivity index (χ2n) is 5.65. The fraction of sp³-hybridized carbons (Fsp3) is 0.471. The summed E-state index contributed by atoms with van der Waals surface area (Å²) in [5.74, 6) is 0.844. The maximum Gasteiger partial charge on any atom is 0.319 e. The van der Waals surface area contributed by atoms with E-state index in [0.717, 1.165) is 17.7 Å².